The van der Waals surface area contributed by atoms with Gasteiger partial charge in [-0.1, -0.05) is 30.3 Å². The van der Waals surface area contributed by atoms with Gasteiger partial charge in [0.05, 0.1) is 11.6 Å². The van der Waals surface area contributed by atoms with Crippen molar-refractivity contribution in [2.45, 2.75) is 32.4 Å². The minimum Gasteiger partial charge on any atom is -0.491 e. The summed E-state index contributed by atoms with van der Waals surface area (Å²) in [5.41, 5.74) is -0.0328. The van der Waals surface area contributed by atoms with Crippen molar-refractivity contribution < 1.29 is 29.0 Å². The maximum absolute atomic E-state index is 13.2. The van der Waals surface area contributed by atoms with Crippen molar-refractivity contribution in [1.29, 1.82) is 0 Å². The molecule has 1 atom stereocenters. The Labute approximate surface area is 203 Å². The first-order valence-electron chi connectivity index (χ1n) is 11.4. The normalized spacial score (nSPS) is 16.3. The molecule has 0 aliphatic carbocycles. The Morgan fingerprint density at radius 2 is 1.69 bits per heavy atom. The van der Waals surface area contributed by atoms with E-state index in [0.29, 0.717) is 11.4 Å². The molecule has 0 spiro atoms. The number of carbonyl (C=O) groups excluding carboxylic acids is 2. The zero-order valence-electron chi connectivity index (χ0n) is 19.9. The average molecular weight is 477 g/mol. The van der Waals surface area contributed by atoms with Gasteiger partial charge in [0, 0.05) is 12.2 Å². The van der Waals surface area contributed by atoms with Crippen LogP contribution in [0.2, 0.25) is 0 Å². The second-order valence-corrected chi connectivity index (χ2v) is 9.45. The van der Waals surface area contributed by atoms with Crippen LogP contribution >= 0.6 is 0 Å². The Hall–Kier alpha value is -4.07. The lowest BCUT2D eigenvalue weighted by Gasteiger charge is -2.41. The minimum atomic E-state index is -1.05. The number of fused-ring (bicyclic) bond motifs is 1. The second kappa shape index (κ2) is 9.66. The molecule has 0 radical (unpaired) electrons. The largest absolute Gasteiger partial charge is 0.491 e. The predicted octanol–water partition coefficient (Wildman–Crippen LogP) is 4.57. The highest BCUT2D eigenvalue weighted by atomic mass is 16.6. The summed E-state index contributed by atoms with van der Waals surface area (Å²) in [5, 5.41) is 11.3. The van der Waals surface area contributed by atoms with Crippen LogP contribution in [0.5, 0.6) is 5.75 Å². The smallest absolute Gasteiger partial charge is 0.410 e. The lowest BCUT2D eigenvalue weighted by molar-refractivity contribution is -0.122. The van der Waals surface area contributed by atoms with Crippen LogP contribution in [0.4, 0.5) is 10.5 Å². The van der Waals surface area contributed by atoms with Gasteiger partial charge in [0.15, 0.2) is 0 Å². The quantitative estimate of drug-likeness (QED) is 0.580. The lowest BCUT2D eigenvalue weighted by Crippen LogP contribution is -2.60. The summed E-state index contributed by atoms with van der Waals surface area (Å²) >= 11 is 0. The van der Waals surface area contributed by atoms with E-state index in [1.807, 2.05) is 42.5 Å². The third-order valence-electron chi connectivity index (χ3n) is 5.60. The van der Waals surface area contributed by atoms with Crippen LogP contribution in [-0.4, -0.2) is 59.3 Å². The van der Waals surface area contributed by atoms with Crippen LogP contribution in [0.25, 0.3) is 10.8 Å². The van der Waals surface area contributed by atoms with E-state index < -0.39 is 23.7 Å². The van der Waals surface area contributed by atoms with E-state index in [4.69, 9.17) is 9.47 Å². The number of hydrogen-bond donors (Lipinski definition) is 1. The van der Waals surface area contributed by atoms with Gasteiger partial charge in [0.2, 0.25) is 5.91 Å². The molecular weight excluding hydrogens is 448 g/mol. The number of aromatic carboxylic acids is 1. The van der Waals surface area contributed by atoms with E-state index in [-0.39, 0.29) is 31.2 Å². The van der Waals surface area contributed by atoms with Crippen LogP contribution in [0.3, 0.4) is 0 Å². The van der Waals surface area contributed by atoms with E-state index in [9.17, 15) is 19.5 Å². The van der Waals surface area contributed by atoms with E-state index >= 15 is 0 Å². The van der Waals surface area contributed by atoms with Crippen LogP contribution in [0.1, 0.15) is 31.1 Å². The molecule has 0 saturated carbocycles. The number of ether oxygens (including phenoxy) is 2. The first-order valence-corrected chi connectivity index (χ1v) is 11.4. The molecule has 1 unspecified atom stereocenters. The van der Waals surface area contributed by atoms with Crippen molar-refractivity contribution in [3.63, 3.8) is 0 Å². The van der Waals surface area contributed by atoms with Gasteiger partial charge in [-0.25, -0.2) is 9.59 Å². The van der Waals surface area contributed by atoms with Crippen LogP contribution < -0.4 is 9.64 Å². The molecule has 1 N–H and O–H groups in total. The lowest BCUT2D eigenvalue weighted by atomic mass is 10.1. The molecule has 35 heavy (non-hydrogen) atoms. The van der Waals surface area contributed by atoms with Crippen molar-refractivity contribution in [3.05, 3.63) is 72.3 Å². The molecule has 4 rings (SSSR count). The molecule has 3 aromatic rings. The minimum absolute atomic E-state index is 0.123. The molecule has 1 heterocycles. The van der Waals surface area contributed by atoms with Crippen LogP contribution in [-0.2, 0) is 9.53 Å². The summed E-state index contributed by atoms with van der Waals surface area (Å²) in [5.74, 6) is -0.710. The summed E-state index contributed by atoms with van der Waals surface area (Å²) in [6.07, 6.45) is -0.567. The van der Waals surface area contributed by atoms with Crippen molar-refractivity contribution in [2.24, 2.45) is 0 Å². The summed E-state index contributed by atoms with van der Waals surface area (Å²) in [6.45, 7) is 5.49. The molecule has 1 fully saturated rings. The van der Waals surface area contributed by atoms with E-state index in [1.54, 1.807) is 37.8 Å². The Balaban J connectivity index is 1.58. The fraction of sp³-hybridized carbons (Fsp3) is 0.296. The highest BCUT2D eigenvalue weighted by Gasteiger charge is 2.38. The topological polar surface area (TPSA) is 96.4 Å². The Morgan fingerprint density at radius 1 is 1.00 bits per heavy atom. The molecule has 1 aliphatic heterocycles. The van der Waals surface area contributed by atoms with Crippen molar-refractivity contribution in [3.8, 4) is 5.75 Å². The Kier molecular flexibility index (Phi) is 6.64. The highest BCUT2D eigenvalue weighted by Crippen LogP contribution is 2.26. The molecule has 1 aliphatic rings. The number of carboxylic acid groups (broad SMARTS) is 1. The Morgan fingerprint density at radius 3 is 2.34 bits per heavy atom. The fourth-order valence-corrected chi connectivity index (χ4v) is 4.01. The first kappa shape index (κ1) is 24.1. The molecule has 0 aromatic heterocycles. The molecular formula is C27H28N2O6. The molecule has 182 valence electrons. The number of anilines is 1. The fourth-order valence-electron chi connectivity index (χ4n) is 4.01. The van der Waals surface area contributed by atoms with Crippen molar-refractivity contribution in [2.75, 3.05) is 24.6 Å². The summed E-state index contributed by atoms with van der Waals surface area (Å²) in [4.78, 5) is 40.1. The van der Waals surface area contributed by atoms with Gasteiger partial charge in [-0.3, -0.25) is 9.69 Å². The van der Waals surface area contributed by atoms with Gasteiger partial charge in [-0.15, -0.1) is 0 Å². The molecule has 1 saturated heterocycles. The molecule has 8 heteroatoms. The van der Waals surface area contributed by atoms with Gasteiger partial charge < -0.3 is 19.5 Å². The summed E-state index contributed by atoms with van der Waals surface area (Å²) in [7, 11) is 0. The van der Waals surface area contributed by atoms with Crippen molar-refractivity contribution >= 4 is 34.4 Å². The second-order valence-electron chi connectivity index (χ2n) is 9.45. The van der Waals surface area contributed by atoms with Crippen LogP contribution in [0.15, 0.2) is 66.7 Å². The predicted molar refractivity (Wildman–Crippen MR) is 132 cm³/mol. The van der Waals surface area contributed by atoms with E-state index in [0.717, 1.165) is 10.8 Å². The number of rotatable bonds is 5. The number of carbonyl (C=O) groups is 3. The summed E-state index contributed by atoms with van der Waals surface area (Å²) < 4.78 is 11.6. The van der Waals surface area contributed by atoms with Gasteiger partial charge in [0.1, 0.15) is 24.5 Å². The molecule has 3 aromatic carbocycles. The average Bonchev–Trinajstić information content (AvgIpc) is 2.81. The number of benzene rings is 3. The maximum Gasteiger partial charge on any atom is 0.410 e. The van der Waals surface area contributed by atoms with Crippen molar-refractivity contribution in [1.82, 2.24) is 4.90 Å². The van der Waals surface area contributed by atoms with Gasteiger partial charge in [-0.05, 0) is 67.9 Å². The summed E-state index contributed by atoms with van der Waals surface area (Å²) in [6, 6.07) is 19.3. The molecule has 0 bridgehead atoms. The monoisotopic (exact) mass is 476 g/mol. The highest BCUT2D eigenvalue weighted by molar-refractivity contribution is 5.98. The first-order chi connectivity index (χ1) is 16.6. The SMILES string of the molecule is CC(C)(C)OC(=O)N1CC(=O)N(c2ccc(C(=O)O)cc2)C(COc2ccc3ccccc3c2)C1. The number of carboxylic acids is 1. The number of hydrogen-bond acceptors (Lipinski definition) is 5. The van der Waals surface area contributed by atoms with Gasteiger partial charge >= 0.3 is 12.1 Å². The molecule has 8 nitrogen and oxygen atoms in total. The molecule has 2 amide bonds. The van der Waals surface area contributed by atoms with Crippen LogP contribution in [0, 0.1) is 0 Å². The van der Waals surface area contributed by atoms with E-state index in [1.165, 1.54) is 17.0 Å². The van der Waals surface area contributed by atoms with E-state index in [2.05, 4.69) is 0 Å². The number of piperazine rings is 1. The zero-order chi connectivity index (χ0) is 25.2. The third kappa shape index (κ3) is 5.71. The Bertz CT molecular complexity index is 1250. The third-order valence-corrected chi connectivity index (χ3v) is 5.60. The van der Waals surface area contributed by atoms with Gasteiger partial charge in [0.25, 0.3) is 0 Å². The van der Waals surface area contributed by atoms with Gasteiger partial charge in [-0.2, -0.15) is 0 Å². The maximum atomic E-state index is 13.2. The number of nitrogens with zero attached hydrogens (tertiary/aromatic N) is 2. The zero-order valence-corrected chi connectivity index (χ0v) is 19.9. The standard InChI is InChI=1S/C27H28N2O6/c1-27(2,3)35-26(33)28-15-22(17-34-23-13-10-18-6-4-5-7-20(18)14-23)29(24(30)16-28)21-11-8-19(9-12-21)25(31)32/h4-14,22H,15-17H2,1-3H3,(H,31,32). The number of amides is 2.